The molecule has 1 unspecified atom stereocenters. The molecule has 0 heterocycles. The molecule has 0 aliphatic carbocycles. The van der Waals surface area contributed by atoms with Crippen LogP contribution in [0.2, 0.25) is 0 Å². The number of azo groups is 1. The highest BCUT2D eigenvalue weighted by molar-refractivity contribution is 6.33. The number of anilines is 1. The Morgan fingerprint density at radius 3 is 1.85 bits per heavy atom. The number of amides is 1. The fraction of sp³-hybridized carbons (Fsp3) is 0.0816. The van der Waals surface area contributed by atoms with E-state index in [1.54, 1.807) is 14.2 Å². The van der Waals surface area contributed by atoms with Gasteiger partial charge in [-0.3, -0.25) is 4.79 Å². The fourth-order valence-corrected chi connectivity index (χ4v) is 7.90. The van der Waals surface area contributed by atoms with Crippen molar-refractivity contribution >= 4 is 66.1 Å². The Bertz CT molecular complexity index is 2850. The Balaban J connectivity index is 1.13. The van der Waals surface area contributed by atoms with Crippen LogP contribution in [-0.4, -0.2) is 20.1 Å². The second-order valence-electron chi connectivity index (χ2n) is 13.8. The highest BCUT2D eigenvalue weighted by atomic mass is 16.5. The molecule has 55 heavy (non-hydrogen) atoms. The van der Waals surface area contributed by atoms with Crippen molar-refractivity contribution in [3.8, 4) is 11.5 Å². The first kappa shape index (κ1) is 33.8. The molecule has 1 N–H and O–H groups in total. The monoisotopic (exact) mass is 715 g/mol. The summed E-state index contributed by atoms with van der Waals surface area (Å²) >= 11 is 0. The maximum atomic E-state index is 13.9. The first-order valence-corrected chi connectivity index (χ1v) is 18.3. The number of methoxy groups -OCH3 is 2. The minimum atomic E-state index is -0.274. The van der Waals surface area contributed by atoms with Gasteiger partial charge >= 0.3 is 0 Å². The van der Waals surface area contributed by atoms with Crippen molar-refractivity contribution in [3.05, 3.63) is 186 Å². The summed E-state index contributed by atoms with van der Waals surface area (Å²) in [5.74, 6) is 0.924. The van der Waals surface area contributed by atoms with Gasteiger partial charge in [-0.15, -0.1) is 0 Å². The van der Waals surface area contributed by atoms with Gasteiger partial charge in [-0.2, -0.15) is 10.2 Å². The molecule has 0 bridgehead atoms. The maximum absolute atomic E-state index is 13.9. The van der Waals surface area contributed by atoms with Gasteiger partial charge in [-0.1, -0.05) is 103 Å². The van der Waals surface area contributed by atoms with Crippen LogP contribution in [-0.2, 0) is 0 Å². The smallest absolute Gasteiger partial charge is 0.255 e. The molecule has 0 saturated carbocycles. The maximum Gasteiger partial charge on any atom is 0.255 e. The number of hydrogen-bond acceptors (Lipinski definition) is 5. The van der Waals surface area contributed by atoms with Gasteiger partial charge in [-0.05, 0) is 116 Å². The molecule has 6 nitrogen and oxygen atoms in total. The quantitative estimate of drug-likeness (QED) is 0.0700. The van der Waals surface area contributed by atoms with Crippen LogP contribution in [0.25, 0.3) is 43.1 Å². The lowest BCUT2D eigenvalue weighted by Crippen LogP contribution is -2.13. The van der Waals surface area contributed by atoms with E-state index in [9.17, 15) is 4.79 Å². The Morgan fingerprint density at radius 2 is 1.16 bits per heavy atom. The molecule has 9 aromatic carbocycles. The van der Waals surface area contributed by atoms with E-state index in [0.717, 1.165) is 27.8 Å². The van der Waals surface area contributed by atoms with Gasteiger partial charge in [-0.25, -0.2) is 0 Å². The van der Waals surface area contributed by atoms with Crippen molar-refractivity contribution in [1.82, 2.24) is 0 Å². The summed E-state index contributed by atoms with van der Waals surface area (Å²) in [5, 5.41) is 21.6. The summed E-state index contributed by atoms with van der Waals surface area (Å²) in [6, 6.07) is 53.3. The summed E-state index contributed by atoms with van der Waals surface area (Å²) in [6.07, 6.45) is 0. The van der Waals surface area contributed by atoms with E-state index < -0.39 is 0 Å². The van der Waals surface area contributed by atoms with Gasteiger partial charge in [0.25, 0.3) is 5.91 Å². The standard InChI is InChI=1S/C49H37N3O3/c1-30-16-18-35(19-17-30)51-52-36-22-20-34(21-23-36)50-49(53)33-11-4-10-32(28-33)47(44-25-24-37(54-2)29-45(44)55-3)42-26-27-43-39-13-6-9-31-8-5-12-38(46(31)39)40-14-7-15-41(42)48(40)43/h4-29,47H,1-3H3,(H,50,53). The van der Waals surface area contributed by atoms with Crippen LogP contribution >= 0.6 is 0 Å². The second-order valence-corrected chi connectivity index (χ2v) is 13.8. The van der Waals surface area contributed by atoms with E-state index in [0.29, 0.717) is 28.4 Å². The second kappa shape index (κ2) is 14.1. The normalized spacial score (nSPS) is 12.2. The number of nitrogens with zero attached hydrogens (tertiary/aromatic N) is 2. The molecule has 0 saturated heterocycles. The van der Waals surface area contributed by atoms with Crippen molar-refractivity contribution in [2.75, 3.05) is 19.5 Å². The minimum Gasteiger partial charge on any atom is -0.497 e. The van der Waals surface area contributed by atoms with Crippen molar-refractivity contribution in [2.24, 2.45) is 10.2 Å². The average Bonchev–Trinajstić information content (AvgIpc) is 3.23. The fourth-order valence-electron chi connectivity index (χ4n) is 7.90. The SMILES string of the molecule is COc1ccc(C(c2cccc(C(=O)Nc3ccc(N=Nc4ccc(C)cc4)cc3)c2)c2ccc3c4cccc5cccc(c6cccc2c63)c54)c(OC)c1. The van der Waals surface area contributed by atoms with Crippen molar-refractivity contribution in [3.63, 3.8) is 0 Å². The number of carbonyl (C=O) groups excluding carboxylic acids is 1. The van der Waals surface area contributed by atoms with Crippen LogP contribution < -0.4 is 14.8 Å². The third-order valence-electron chi connectivity index (χ3n) is 10.5. The Labute approximate surface area is 319 Å². The van der Waals surface area contributed by atoms with Gasteiger partial charge in [0.05, 0.1) is 25.6 Å². The molecule has 0 radical (unpaired) electrons. The zero-order valence-electron chi connectivity index (χ0n) is 30.7. The van der Waals surface area contributed by atoms with E-state index in [2.05, 4.69) is 94.4 Å². The molecular formula is C49H37N3O3. The summed E-state index contributed by atoms with van der Waals surface area (Å²) < 4.78 is 11.6. The third kappa shape index (κ3) is 6.17. The third-order valence-corrected chi connectivity index (χ3v) is 10.5. The van der Waals surface area contributed by atoms with E-state index in [-0.39, 0.29) is 11.8 Å². The van der Waals surface area contributed by atoms with Gasteiger partial charge in [0.15, 0.2) is 0 Å². The Hall–Kier alpha value is -7.05. The summed E-state index contributed by atoms with van der Waals surface area (Å²) in [6.45, 7) is 2.04. The number of benzene rings is 9. The number of carbonyl (C=O) groups is 1. The minimum absolute atomic E-state index is 0.210. The summed E-state index contributed by atoms with van der Waals surface area (Å²) in [5.41, 5.74) is 6.89. The average molecular weight is 716 g/mol. The number of ether oxygens (including phenoxy) is 2. The molecule has 1 atom stereocenters. The summed E-state index contributed by atoms with van der Waals surface area (Å²) in [4.78, 5) is 13.9. The number of nitrogens with one attached hydrogen (secondary N) is 1. The Morgan fingerprint density at radius 1 is 0.564 bits per heavy atom. The molecule has 1 amide bonds. The highest BCUT2D eigenvalue weighted by Crippen LogP contribution is 2.46. The van der Waals surface area contributed by atoms with Crippen molar-refractivity contribution in [1.29, 1.82) is 0 Å². The first-order valence-electron chi connectivity index (χ1n) is 18.3. The molecule has 0 fully saturated rings. The zero-order chi connectivity index (χ0) is 37.5. The van der Waals surface area contributed by atoms with Crippen LogP contribution in [0.3, 0.4) is 0 Å². The van der Waals surface area contributed by atoms with Crippen molar-refractivity contribution in [2.45, 2.75) is 12.8 Å². The molecular weight excluding hydrogens is 679 g/mol. The largest absolute Gasteiger partial charge is 0.497 e. The van der Waals surface area contributed by atoms with Gasteiger partial charge in [0.1, 0.15) is 11.5 Å². The molecule has 6 heteroatoms. The van der Waals surface area contributed by atoms with E-state index in [1.165, 1.54) is 43.3 Å². The van der Waals surface area contributed by atoms with E-state index >= 15 is 0 Å². The highest BCUT2D eigenvalue weighted by Gasteiger charge is 2.26. The number of aryl methyl sites for hydroxylation is 1. The van der Waals surface area contributed by atoms with Gasteiger partial charge in [0.2, 0.25) is 0 Å². The Kier molecular flexibility index (Phi) is 8.63. The van der Waals surface area contributed by atoms with Gasteiger partial charge in [0, 0.05) is 28.8 Å². The molecule has 0 aliphatic rings. The van der Waals surface area contributed by atoms with Crippen molar-refractivity contribution < 1.29 is 14.3 Å². The molecule has 0 spiro atoms. The van der Waals surface area contributed by atoms with Crippen LogP contribution in [0.15, 0.2) is 168 Å². The predicted molar refractivity (Wildman–Crippen MR) is 224 cm³/mol. The summed E-state index contributed by atoms with van der Waals surface area (Å²) in [7, 11) is 3.34. The molecule has 9 aromatic rings. The lowest BCUT2D eigenvalue weighted by Gasteiger charge is -2.25. The van der Waals surface area contributed by atoms with Crippen LogP contribution in [0, 0.1) is 6.92 Å². The zero-order valence-corrected chi connectivity index (χ0v) is 30.7. The number of rotatable bonds is 9. The lowest BCUT2D eigenvalue weighted by atomic mass is 9.79. The van der Waals surface area contributed by atoms with Gasteiger partial charge < -0.3 is 14.8 Å². The number of fused-ring (bicyclic) bond motifs is 2. The van der Waals surface area contributed by atoms with Crippen LogP contribution in [0.5, 0.6) is 11.5 Å². The lowest BCUT2D eigenvalue weighted by molar-refractivity contribution is 0.102. The predicted octanol–water partition coefficient (Wildman–Crippen LogP) is 12.9. The molecule has 9 rings (SSSR count). The number of hydrogen-bond donors (Lipinski definition) is 1. The van der Waals surface area contributed by atoms with Crippen LogP contribution in [0.1, 0.15) is 38.5 Å². The topological polar surface area (TPSA) is 72.3 Å². The molecule has 266 valence electrons. The van der Waals surface area contributed by atoms with Crippen LogP contribution in [0.4, 0.5) is 17.1 Å². The molecule has 0 aromatic heterocycles. The van der Waals surface area contributed by atoms with E-state index in [1.807, 2.05) is 85.8 Å². The van der Waals surface area contributed by atoms with E-state index in [4.69, 9.17) is 9.47 Å². The molecule has 0 aliphatic heterocycles. The first-order chi connectivity index (χ1) is 27.0.